The highest BCUT2D eigenvalue weighted by Gasteiger charge is 2.38. The number of nitrogens with zero attached hydrogens (tertiary/aromatic N) is 1. The third-order valence-electron chi connectivity index (χ3n) is 4.84. The van der Waals surface area contributed by atoms with Gasteiger partial charge in [0.05, 0.1) is 11.5 Å². The zero-order valence-electron chi connectivity index (χ0n) is 17.4. The summed E-state index contributed by atoms with van der Waals surface area (Å²) in [6.07, 6.45) is -4.29. The van der Waals surface area contributed by atoms with E-state index in [1.54, 1.807) is 4.90 Å². The molecule has 0 spiro atoms. The van der Waals surface area contributed by atoms with E-state index in [-0.39, 0.29) is 17.4 Å². The predicted molar refractivity (Wildman–Crippen MR) is 102 cm³/mol. The van der Waals surface area contributed by atoms with Crippen LogP contribution in [-0.2, 0) is 24.2 Å². The quantitative estimate of drug-likeness (QED) is 0.480. The second kappa shape index (κ2) is 13.0. The predicted octanol–water partition coefficient (Wildman–Crippen LogP) is 1.81. The Morgan fingerprint density at radius 2 is 1.21 bits per heavy atom. The number of carbonyl (C=O) groups is 3. The molecule has 1 amide bonds. The molecule has 2 rings (SSSR count). The van der Waals surface area contributed by atoms with Gasteiger partial charge in [0.2, 0.25) is 5.91 Å². The summed E-state index contributed by atoms with van der Waals surface area (Å²) >= 11 is 0. The van der Waals surface area contributed by atoms with Crippen molar-refractivity contribution in [2.24, 2.45) is 11.7 Å². The number of alkyl halides is 6. The Hall–Kier alpha value is -2.10. The smallest absolute Gasteiger partial charge is 0.475 e. The first-order valence-corrected chi connectivity index (χ1v) is 11.5. The second-order valence-corrected chi connectivity index (χ2v) is 9.76. The molecule has 0 unspecified atom stereocenters. The standard InChI is InChI=1S/C13H24N2O3S.2C2HF3O2/c14-12-4-1-11(2-5-12)3-6-13(16)15-7-9-19(17,18)10-8-15;2*3-2(4,5)1(6)7/h11-12H,1-10,14H2;2*(H,6,7). The highest BCUT2D eigenvalue weighted by molar-refractivity contribution is 7.91. The van der Waals surface area contributed by atoms with Crippen molar-refractivity contribution in [1.82, 2.24) is 4.90 Å². The molecule has 9 nitrogen and oxygen atoms in total. The lowest BCUT2D eigenvalue weighted by Crippen LogP contribution is -2.43. The van der Waals surface area contributed by atoms with Crippen LogP contribution in [0.15, 0.2) is 0 Å². The lowest BCUT2D eigenvalue weighted by molar-refractivity contribution is -0.193. The Balaban J connectivity index is 0.000000605. The third kappa shape index (κ3) is 13.9. The normalized spacial score (nSPS) is 22.7. The van der Waals surface area contributed by atoms with E-state index in [9.17, 15) is 39.6 Å². The molecule has 1 saturated carbocycles. The lowest BCUT2D eigenvalue weighted by Gasteiger charge is -2.29. The zero-order chi connectivity index (χ0) is 26.0. The molecule has 0 bridgehead atoms. The van der Waals surface area contributed by atoms with E-state index in [1.165, 1.54) is 0 Å². The summed E-state index contributed by atoms with van der Waals surface area (Å²) in [6, 6.07) is 0.347. The zero-order valence-corrected chi connectivity index (χ0v) is 18.2. The number of amides is 1. The average Bonchev–Trinajstić information content (AvgIpc) is 2.66. The van der Waals surface area contributed by atoms with Crippen molar-refractivity contribution in [1.29, 1.82) is 0 Å². The second-order valence-electron chi connectivity index (χ2n) is 7.46. The van der Waals surface area contributed by atoms with Crippen LogP contribution in [0.2, 0.25) is 0 Å². The molecular formula is C17H26F6N2O7S. The van der Waals surface area contributed by atoms with Crippen LogP contribution in [0.1, 0.15) is 38.5 Å². The first-order valence-electron chi connectivity index (χ1n) is 9.69. The van der Waals surface area contributed by atoms with Gasteiger partial charge in [0, 0.05) is 25.6 Å². The fourth-order valence-corrected chi connectivity index (χ4v) is 4.13. The molecule has 0 aromatic carbocycles. The van der Waals surface area contributed by atoms with E-state index in [2.05, 4.69) is 0 Å². The highest BCUT2D eigenvalue weighted by atomic mass is 32.2. The summed E-state index contributed by atoms with van der Waals surface area (Å²) in [7, 11) is -2.90. The molecule has 2 fully saturated rings. The number of hydrogen-bond acceptors (Lipinski definition) is 6. The van der Waals surface area contributed by atoms with Crippen LogP contribution < -0.4 is 5.73 Å². The number of carbonyl (C=O) groups excluding carboxylic acids is 1. The molecule has 4 N–H and O–H groups in total. The molecule has 0 aromatic heterocycles. The average molecular weight is 516 g/mol. The van der Waals surface area contributed by atoms with Crippen molar-refractivity contribution in [3.05, 3.63) is 0 Å². The first-order chi connectivity index (χ1) is 14.8. The minimum Gasteiger partial charge on any atom is -0.475 e. The molecule has 0 aromatic rings. The Labute approximate surface area is 185 Å². The Morgan fingerprint density at radius 1 is 0.848 bits per heavy atom. The van der Waals surface area contributed by atoms with Gasteiger partial charge >= 0.3 is 24.3 Å². The number of carboxylic acids is 2. The SMILES string of the molecule is NC1CCC(CCC(=O)N2CCS(=O)(=O)CC2)CC1.O=C(O)C(F)(F)F.O=C(O)C(F)(F)F. The number of aliphatic carboxylic acids is 2. The fraction of sp³-hybridized carbons (Fsp3) is 0.824. The van der Waals surface area contributed by atoms with Crippen molar-refractivity contribution in [2.45, 2.75) is 56.9 Å². The van der Waals surface area contributed by atoms with Gasteiger partial charge in [-0.05, 0) is 38.0 Å². The molecule has 194 valence electrons. The van der Waals surface area contributed by atoms with Gasteiger partial charge in [-0.2, -0.15) is 26.3 Å². The summed E-state index contributed by atoms with van der Waals surface area (Å²) in [5, 5.41) is 14.2. The number of sulfone groups is 1. The summed E-state index contributed by atoms with van der Waals surface area (Å²) in [6.45, 7) is 0.743. The number of carboxylic acid groups (broad SMARTS) is 2. The van der Waals surface area contributed by atoms with E-state index in [4.69, 9.17) is 25.5 Å². The molecule has 1 saturated heterocycles. The fourth-order valence-electron chi connectivity index (χ4n) is 2.92. The maximum atomic E-state index is 12.0. The number of rotatable bonds is 3. The van der Waals surface area contributed by atoms with E-state index in [0.717, 1.165) is 32.1 Å². The molecule has 0 atom stereocenters. The van der Waals surface area contributed by atoms with Crippen LogP contribution in [0.3, 0.4) is 0 Å². The molecule has 16 heteroatoms. The van der Waals surface area contributed by atoms with Gasteiger partial charge in [-0.1, -0.05) is 0 Å². The van der Waals surface area contributed by atoms with Crippen LogP contribution >= 0.6 is 0 Å². The topological polar surface area (TPSA) is 155 Å². The van der Waals surface area contributed by atoms with Gasteiger partial charge in [0.1, 0.15) is 0 Å². The van der Waals surface area contributed by atoms with Crippen molar-refractivity contribution in [3.63, 3.8) is 0 Å². The van der Waals surface area contributed by atoms with Crippen molar-refractivity contribution < 1.29 is 59.4 Å². The van der Waals surface area contributed by atoms with Crippen LogP contribution in [0.5, 0.6) is 0 Å². The minimum absolute atomic E-state index is 0.116. The number of nitrogens with two attached hydrogens (primary N) is 1. The van der Waals surface area contributed by atoms with Gasteiger partial charge in [0.25, 0.3) is 0 Å². The van der Waals surface area contributed by atoms with Gasteiger partial charge < -0.3 is 20.8 Å². The molecule has 33 heavy (non-hydrogen) atoms. The number of halogens is 6. The van der Waals surface area contributed by atoms with E-state index >= 15 is 0 Å². The van der Waals surface area contributed by atoms with E-state index < -0.39 is 34.1 Å². The minimum atomic E-state index is -5.08. The summed E-state index contributed by atoms with van der Waals surface area (Å²) in [5.74, 6) is -4.53. The number of hydrogen-bond donors (Lipinski definition) is 3. The molecule has 1 aliphatic carbocycles. The van der Waals surface area contributed by atoms with Crippen LogP contribution in [0.4, 0.5) is 26.3 Å². The highest BCUT2D eigenvalue weighted by Crippen LogP contribution is 2.27. The first kappa shape index (κ1) is 30.9. The third-order valence-corrected chi connectivity index (χ3v) is 6.45. The monoisotopic (exact) mass is 516 g/mol. The van der Waals surface area contributed by atoms with Crippen LogP contribution in [0.25, 0.3) is 0 Å². The Morgan fingerprint density at radius 3 is 1.55 bits per heavy atom. The van der Waals surface area contributed by atoms with Gasteiger partial charge in [-0.25, -0.2) is 18.0 Å². The summed E-state index contributed by atoms with van der Waals surface area (Å²) < 4.78 is 86.1. The molecule has 1 aliphatic heterocycles. The van der Waals surface area contributed by atoms with Crippen molar-refractivity contribution >= 4 is 27.7 Å². The van der Waals surface area contributed by atoms with E-state index in [0.29, 0.717) is 31.5 Å². The summed E-state index contributed by atoms with van der Waals surface area (Å²) in [5.41, 5.74) is 5.86. The van der Waals surface area contributed by atoms with Crippen molar-refractivity contribution in [3.8, 4) is 0 Å². The van der Waals surface area contributed by atoms with Crippen molar-refractivity contribution in [2.75, 3.05) is 24.6 Å². The lowest BCUT2D eigenvalue weighted by atomic mass is 9.84. The Bertz CT molecular complexity index is 725. The van der Waals surface area contributed by atoms with Gasteiger partial charge in [-0.3, -0.25) is 4.79 Å². The molecule has 2 aliphatic rings. The molecular weight excluding hydrogens is 490 g/mol. The largest absolute Gasteiger partial charge is 0.490 e. The van der Waals surface area contributed by atoms with Gasteiger partial charge in [-0.15, -0.1) is 0 Å². The summed E-state index contributed by atoms with van der Waals surface area (Å²) in [4.78, 5) is 31.5. The molecule has 0 radical (unpaired) electrons. The van der Waals surface area contributed by atoms with Crippen LogP contribution in [-0.4, -0.2) is 84.4 Å². The maximum Gasteiger partial charge on any atom is 0.490 e. The molecule has 1 heterocycles. The maximum absolute atomic E-state index is 12.0. The van der Waals surface area contributed by atoms with Crippen LogP contribution in [0, 0.1) is 5.92 Å². The van der Waals surface area contributed by atoms with Gasteiger partial charge in [0.15, 0.2) is 9.84 Å². The van der Waals surface area contributed by atoms with E-state index in [1.807, 2.05) is 0 Å². The Kier molecular flexibility index (Phi) is 12.1.